The minimum atomic E-state index is -4.77. The first kappa shape index (κ1) is 21.2. The molecule has 3 rings (SSSR count). The number of ether oxygens (including phenoxy) is 1. The van der Waals surface area contributed by atoms with Crippen LogP contribution in [0.2, 0.25) is 0 Å². The summed E-state index contributed by atoms with van der Waals surface area (Å²) >= 11 is 0. The van der Waals surface area contributed by atoms with Gasteiger partial charge in [-0.1, -0.05) is 24.3 Å². The number of nitrogens with zero attached hydrogens (tertiary/aromatic N) is 1. The van der Waals surface area contributed by atoms with Crippen molar-refractivity contribution in [2.45, 2.75) is 32.3 Å². The summed E-state index contributed by atoms with van der Waals surface area (Å²) in [5.74, 6) is -0.714. The molecule has 0 spiro atoms. The third kappa shape index (κ3) is 5.07. The molecule has 1 aromatic heterocycles. The van der Waals surface area contributed by atoms with E-state index in [2.05, 4.69) is 15.0 Å². The number of alkyl halides is 3. The minimum absolute atomic E-state index is 0.0322. The Bertz CT molecular complexity index is 1170. The monoisotopic (exact) mass is 421 g/mol. The van der Waals surface area contributed by atoms with Crippen LogP contribution in [0.25, 0.3) is 10.9 Å². The van der Waals surface area contributed by atoms with Crippen molar-refractivity contribution in [1.82, 2.24) is 14.9 Å². The second kappa shape index (κ2) is 8.44. The van der Waals surface area contributed by atoms with E-state index in [-0.39, 0.29) is 24.6 Å². The maximum absolute atomic E-state index is 12.3. The van der Waals surface area contributed by atoms with Crippen molar-refractivity contribution in [2.24, 2.45) is 0 Å². The van der Waals surface area contributed by atoms with Gasteiger partial charge in [0.15, 0.2) is 0 Å². The largest absolute Gasteiger partial charge is 0.573 e. The van der Waals surface area contributed by atoms with Crippen LogP contribution >= 0.6 is 0 Å². The molecular formula is C20H18F3N3O4. The zero-order valence-corrected chi connectivity index (χ0v) is 15.8. The van der Waals surface area contributed by atoms with Gasteiger partial charge in [-0.05, 0) is 36.8 Å². The Hall–Kier alpha value is -3.56. The number of aromatic amines is 1. The highest BCUT2D eigenvalue weighted by Crippen LogP contribution is 2.24. The lowest BCUT2D eigenvalue weighted by Crippen LogP contribution is -2.33. The summed E-state index contributed by atoms with van der Waals surface area (Å²) in [7, 11) is 0. The molecule has 30 heavy (non-hydrogen) atoms. The number of amides is 1. The van der Waals surface area contributed by atoms with Crippen LogP contribution in [0.15, 0.2) is 58.1 Å². The summed E-state index contributed by atoms with van der Waals surface area (Å²) in [5, 5.41) is 3.06. The number of carbonyl (C=O) groups is 1. The van der Waals surface area contributed by atoms with E-state index in [1.807, 2.05) is 0 Å². The number of fused-ring (bicyclic) bond motifs is 1. The van der Waals surface area contributed by atoms with E-state index in [0.717, 1.165) is 12.1 Å². The number of aryl methyl sites for hydroxylation is 1. The fourth-order valence-corrected chi connectivity index (χ4v) is 3.03. The van der Waals surface area contributed by atoms with Crippen molar-refractivity contribution in [3.63, 3.8) is 0 Å². The molecule has 158 valence electrons. The molecule has 0 aliphatic heterocycles. The van der Waals surface area contributed by atoms with Gasteiger partial charge in [-0.15, -0.1) is 13.2 Å². The first-order valence-corrected chi connectivity index (χ1v) is 9.01. The van der Waals surface area contributed by atoms with Crippen LogP contribution in [0.3, 0.4) is 0 Å². The molecule has 0 fully saturated rings. The maximum Gasteiger partial charge on any atom is 0.573 e. The summed E-state index contributed by atoms with van der Waals surface area (Å²) in [4.78, 5) is 38.5. The molecule has 2 N–H and O–H groups in total. The molecule has 0 aliphatic rings. The van der Waals surface area contributed by atoms with Crippen LogP contribution in [0.4, 0.5) is 13.2 Å². The Morgan fingerprint density at radius 1 is 1.13 bits per heavy atom. The highest BCUT2D eigenvalue weighted by molar-refractivity contribution is 5.79. The lowest BCUT2D eigenvalue weighted by molar-refractivity contribution is -0.274. The fourth-order valence-electron chi connectivity index (χ4n) is 3.03. The lowest BCUT2D eigenvalue weighted by Gasteiger charge is -2.16. The molecule has 2 aromatic carbocycles. The normalized spacial score (nSPS) is 12.5. The molecule has 1 unspecified atom stereocenters. The number of hydrogen-bond acceptors (Lipinski definition) is 4. The van der Waals surface area contributed by atoms with Crippen molar-refractivity contribution < 1.29 is 22.7 Å². The molecule has 1 amide bonds. The van der Waals surface area contributed by atoms with E-state index in [4.69, 9.17) is 0 Å². The van der Waals surface area contributed by atoms with Crippen LogP contribution in [0.1, 0.15) is 24.9 Å². The second-order valence-corrected chi connectivity index (χ2v) is 6.58. The van der Waals surface area contributed by atoms with E-state index in [1.165, 1.54) is 16.7 Å². The van der Waals surface area contributed by atoms with Crippen molar-refractivity contribution in [1.29, 1.82) is 0 Å². The van der Waals surface area contributed by atoms with Crippen LogP contribution in [0, 0.1) is 0 Å². The molecular weight excluding hydrogens is 403 g/mol. The molecule has 7 nitrogen and oxygen atoms in total. The summed E-state index contributed by atoms with van der Waals surface area (Å²) in [6.07, 6.45) is -4.80. The minimum Gasteiger partial charge on any atom is -0.406 e. The van der Waals surface area contributed by atoms with Gasteiger partial charge in [0.05, 0.1) is 16.9 Å². The van der Waals surface area contributed by atoms with Crippen molar-refractivity contribution in [3.05, 3.63) is 74.9 Å². The zero-order chi connectivity index (χ0) is 21.9. The molecule has 10 heteroatoms. The van der Waals surface area contributed by atoms with Gasteiger partial charge in [-0.2, -0.15) is 0 Å². The van der Waals surface area contributed by atoms with Crippen LogP contribution in [-0.2, 0) is 11.3 Å². The molecule has 0 saturated carbocycles. The summed E-state index contributed by atoms with van der Waals surface area (Å²) < 4.78 is 41.8. The Morgan fingerprint density at radius 2 is 1.80 bits per heavy atom. The number of halogens is 3. The van der Waals surface area contributed by atoms with Crippen molar-refractivity contribution in [2.75, 3.05) is 0 Å². The predicted molar refractivity (Wildman–Crippen MR) is 103 cm³/mol. The molecule has 3 aromatic rings. The predicted octanol–water partition coefficient (Wildman–Crippen LogP) is 2.86. The van der Waals surface area contributed by atoms with E-state index in [0.29, 0.717) is 16.5 Å². The molecule has 1 heterocycles. The highest BCUT2D eigenvalue weighted by atomic mass is 19.4. The van der Waals surface area contributed by atoms with Gasteiger partial charge in [-0.3, -0.25) is 19.1 Å². The van der Waals surface area contributed by atoms with Gasteiger partial charge in [0.1, 0.15) is 5.75 Å². The Balaban J connectivity index is 1.65. The van der Waals surface area contributed by atoms with E-state index >= 15 is 0 Å². The van der Waals surface area contributed by atoms with Gasteiger partial charge in [0.2, 0.25) is 5.91 Å². The quantitative estimate of drug-likeness (QED) is 0.640. The van der Waals surface area contributed by atoms with E-state index in [9.17, 15) is 27.6 Å². The second-order valence-electron chi connectivity index (χ2n) is 6.58. The average Bonchev–Trinajstić information content (AvgIpc) is 2.67. The average molecular weight is 421 g/mol. The smallest absolute Gasteiger partial charge is 0.406 e. The van der Waals surface area contributed by atoms with Crippen molar-refractivity contribution in [3.8, 4) is 5.75 Å². The maximum atomic E-state index is 12.3. The third-order valence-electron chi connectivity index (χ3n) is 4.46. The van der Waals surface area contributed by atoms with Crippen LogP contribution in [0.5, 0.6) is 5.75 Å². The number of aromatic nitrogens is 2. The number of nitrogens with one attached hydrogen (secondary N) is 2. The van der Waals surface area contributed by atoms with Crippen LogP contribution < -0.4 is 21.3 Å². The number of H-pyrrole nitrogens is 1. The van der Waals surface area contributed by atoms with Gasteiger partial charge in [0, 0.05) is 13.0 Å². The lowest BCUT2D eigenvalue weighted by atomic mass is 10.1. The van der Waals surface area contributed by atoms with E-state index < -0.39 is 23.7 Å². The van der Waals surface area contributed by atoms with Gasteiger partial charge in [0.25, 0.3) is 5.56 Å². The standard InChI is InChI=1S/C20H18F3N3O4/c1-12(13-6-8-14(9-7-13)30-20(21,22)23)24-17(27)10-11-26-16-5-3-2-4-15(16)18(28)25-19(26)29/h2-9,12H,10-11H2,1H3,(H,24,27)(H,25,28,29). The number of rotatable bonds is 6. The Kier molecular flexibility index (Phi) is 5.95. The van der Waals surface area contributed by atoms with Crippen LogP contribution in [-0.4, -0.2) is 21.8 Å². The summed E-state index contributed by atoms with van der Waals surface area (Å²) in [5.41, 5.74) is -0.0976. The first-order valence-electron chi connectivity index (χ1n) is 9.01. The number of benzene rings is 2. The summed E-state index contributed by atoms with van der Waals surface area (Å²) in [6, 6.07) is 11.3. The van der Waals surface area contributed by atoms with Crippen molar-refractivity contribution >= 4 is 16.8 Å². The topological polar surface area (TPSA) is 93.2 Å². The Morgan fingerprint density at radius 3 is 2.47 bits per heavy atom. The molecule has 0 saturated heterocycles. The SMILES string of the molecule is CC(NC(=O)CCn1c(=O)[nH]c(=O)c2ccccc21)c1ccc(OC(F)(F)F)cc1. The molecule has 1 atom stereocenters. The van der Waals surface area contributed by atoms with Gasteiger partial charge >= 0.3 is 12.1 Å². The molecule has 0 aliphatic carbocycles. The third-order valence-corrected chi connectivity index (χ3v) is 4.46. The molecule has 0 radical (unpaired) electrons. The van der Waals surface area contributed by atoms with E-state index in [1.54, 1.807) is 31.2 Å². The Labute approximate surface area is 168 Å². The zero-order valence-electron chi connectivity index (χ0n) is 15.8. The molecule has 0 bridgehead atoms. The highest BCUT2D eigenvalue weighted by Gasteiger charge is 2.31. The number of hydrogen-bond donors (Lipinski definition) is 2. The number of carbonyl (C=O) groups excluding carboxylic acids is 1. The van der Waals surface area contributed by atoms with Gasteiger partial charge < -0.3 is 10.1 Å². The first-order chi connectivity index (χ1) is 14.1. The number of para-hydroxylation sites is 1. The summed E-state index contributed by atoms with van der Waals surface area (Å²) in [6.45, 7) is 1.73. The van der Waals surface area contributed by atoms with Gasteiger partial charge in [-0.25, -0.2) is 4.79 Å². The fraction of sp³-hybridized carbons (Fsp3) is 0.250.